The van der Waals surface area contributed by atoms with Crippen LogP contribution in [0.4, 0.5) is 0 Å². The van der Waals surface area contributed by atoms with E-state index in [0.717, 1.165) is 55.7 Å². The summed E-state index contributed by atoms with van der Waals surface area (Å²) in [5.74, 6) is 3.53. The summed E-state index contributed by atoms with van der Waals surface area (Å²) >= 11 is 0. The van der Waals surface area contributed by atoms with Gasteiger partial charge in [-0.25, -0.2) is 0 Å². The zero-order chi connectivity index (χ0) is 20.0. The Morgan fingerprint density at radius 2 is 1.83 bits per heavy atom. The number of aryl methyl sites for hydroxylation is 1. The molecule has 4 heteroatoms. The topological polar surface area (TPSA) is 30.9 Å². The molecular weight excluding hydrogens is 362 g/mol. The van der Waals surface area contributed by atoms with Gasteiger partial charge in [0.1, 0.15) is 5.75 Å². The van der Waals surface area contributed by atoms with Crippen molar-refractivity contribution in [3.8, 4) is 17.2 Å². The number of ether oxygens (including phenoxy) is 3. The first-order chi connectivity index (χ1) is 14.2. The smallest absolute Gasteiger partial charge is 0.161 e. The second-order valence-electron chi connectivity index (χ2n) is 8.79. The van der Waals surface area contributed by atoms with Crippen molar-refractivity contribution in [2.75, 3.05) is 27.4 Å². The molecule has 5 rings (SSSR count). The maximum atomic E-state index is 6.18. The molecule has 2 aromatic carbocycles. The predicted octanol–water partition coefficient (Wildman–Crippen LogP) is 4.85. The van der Waals surface area contributed by atoms with Crippen LogP contribution in [-0.4, -0.2) is 32.3 Å². The van der Waals surface area contributed by atoms with Crippen LogP contribution in [0.5, 0.6) is 17.2 Å². The van der Waals surface area contributed by atoms with Crippen molar-refractivity contribution in [3.05, 3.63) is 52.1 Å². The van der Waals surface area contributed by atoms with Crippen LogP contribution < -0.4 is 14.2 Å². The molecule has 1 atom stereocenters. The van der Waals surface area contributed by atoms with Crippen LogP contribution in [0.1, 0.15) is 53.1 Å². The number of methoxy groups -OCH3 is 2. The van der Waals surface area contributed by atoms with E-state index in [2.05, 4.69) is 36.1 Å². The minimum atomic E-state index is 0.395. The predicted molar refractivity (Wildman–Crippen MR) is 114 cm³/mol. The fourth-order valence-electron chi connectivity index (χ4n) is 5.16. The highest BCUT2D eigenvalue weighted by Gasteiger charge is 2.35. The molecule has 0 bridgehead atoms. The zero-order valence-corrected chi connectivity index (χ0v) is 17.8. The molecule has 0 aromatic heterocycles. The van der Waals surface area contributed by atoms with Gasteiger partial charge in [0.05, 0.1) is 20.8 Å². The summed E-state index contributed by atoms with van der Waals surface area (Å²) in [7, 11) is 3.53. The normalized spacial score (nSPS) is 20.9. The molecule has 0 saturated heterocycles. The Kier molecular flexibility index (Phi) is 4.91. The molecule has 154 valence electrons. The molecule has 1 fully saturated rings. The summed E-state index contributed by atoms with van der Waals surface area (Å²) < 4.78 is 17.6. The Hall–Kier alpha value is -2.20. The highest BCUT2D eigenvalue weighted by Crippen LogP contribution is 2.44. The lowest BCUT2D eigenvalue weighted by molar-refractivity contribution is 0.155. The van der Waals surface area contributed by atoms with Gasteiger partial charge < -0.3 is 14.2 Å². The average molecular weight is 394 g/mol. The molecule has 0 spiro atoms. The van der Waals surface area contributed by atoms with E-state index in [0.29, 0.717) is 6.04 Å². The number of nitrogens with zero attached hydrogens (tertiary/aromatic N) is 1. The summed E-state index contributed by atoms with van der Waals surface area (Å²) in [6, 6.07) is 9.18. The van der Waals surface area contributed by atoms with Gasteiger partial charge in [0.15, 0.2) is 11.5 Å². The van der Waals surface area contributed by atoms with Crippen molar-refractivity contribution in [1.82, 2.24) is 4.90 Å². The van der Waals surface area contributed by atoms with Crippen LogP contribution in [0, 0.1) is 12.8 Å². The van der Waals surface area contributed by atoms with Crippen LogP contribution in [-0.2, 0) is 19.4 Å². The molecule has 0 amide bonds. The van der Waals surface area contributed by atoms with Crippen molar-refractivity contribution in [2.45, 2.75) is 51.6 Å². The quantitative estimate of drug-likeness (QED) is 0.727. The van der Waals surface area contributed by atoms with E-state index in [9.17, 15) is 0 Å². The van der Waals surface area contributed by atoms with Gasteiger partial charge in [-0.05, 0) is 79.0 Å². The number of benzene rings is 2. The Balaban J connectivity index is 1.47. The standard InChI is InChI=1S/C25H31NO3/c1-16-7-8-23(27-2)21-14-26-10-9-18-11-25(29-15-17-5-4-6-17)24(28-3)13-20(18)22(26)12-19(16)21/h7-8,11,13,17,22H,4-6,9-10,12,14-15H2,1-3H3. The van der Waals surface area contributed by atoms with E-state index in [4.69, 9.17) is 14.2 Å². The number of hydrogen-bond acceptors (Lipinski definition) is 4. The van der Waals surface area contributed by atoms with Crippen LogP contribution in [0.3, 0.4) is 0 Å². The molecule has 0 N–H and O–H groups in total. The molecule has 2 heterocycles. The van der Waals surface area contributed by atoms with E-state index >= 15 is 0 Å². The van der Waals surface area contributed by atoms with Gasteiger partial charge in [-0.2, -0.15) is 0 Å². The summed E-state index contributed by atoms with van der Waals surface area (Å²) in [4.78, 5) is 2.60. The maximum Gasteiger partial charge on any atom is 0.161 e. The van der Waals surface area contributed by atoms with E-state index in [1.165, 1.54) is 47.1 Å². The fourth-order valence-corrected chi connectivity index (χ4v) is 5.16. The van der Waals surface area contributed by atoms with E-state index in [1.54, 1.807) is 14.2 Å². The maximum absolute atomic E-state index is 6.18. The summed E-state index contributed by atoms with van der Waals surface area (Å²) in [6.07, 6.45) is 6.02. The highest BCUT2D eigenvalue weighted by molar-refractivity contribution is 5.52. The van der Waals surface area contributed by atoms with Gasteiger partial charge in [-0.15, -0.1) is 0 Å². The Bertz CT molecular complexity index is 919. The first kappa shape index (κ1) is 18.8. The molecule has 29 heavy (non-hydrogen) atoms. The Labute approximate surface area is 173 Å². The first-order valence-corrected chi connectivity index (χ1v) is 10.9. The third-order valence-corrected chi connectivity index (χ3v) is 7.19. The first-order valence-electron chi connectivity index (χ1n) is 10.9. The van der Waals surface area contributed by atoms with Gasteiger partial charge in [-0.3, -0.25) is 4.90 Å². The molecule has 1 aliphatic carbocycles. The lowest BCUT2D eigenvalue weighted by Gasteiger charge is -2.42. The van der Waals surface area contributed by atoms with Crippen molar-refractivity contribution < 1.29 is 14.2 Å². The van der Waals surface area contributed by atoms with E-state index < -0.39 is 0 Å². The molecule has 1 saturated carbocycles. The lowest BCUT2D eigenvalue weighted by Crippen LogP contribution is -2.39. The fraction of sp³-hybridized carbons (Fsp3) is 0.520. The number of fused-ring (bicyclic) bond motifs is 4. The van der Waals surface area contributed by atoms with Crippen molar-refractivity contribution in [2.24, 2.45) is 5.92 Å². The third-order valence-electron chi connectivity index (χ3n) is 7.19. The summed E-state index contributed by atoms with van der Waals surface area (Å²) in [5.41, 5.74) is 6.99. The van der Waals surface area contributed by atoms with E-state index in [1.807, 2.05) is 0 Å². The molecule has 3 aliphatic rings. The minimum absolute atomic E-state index is 0.395. The third kappa shape index (κ3) is 3.28. The number of hydrogen-bond donors (Lipinski definition) is 0. The van der Waals surface area contributed by atoms with Crippen LogP contribution >= 0.6 is 0 Å². The van der Waals surface area contributed by atoms with Gasteiger partial charge in [0, 0.05) is 24.7 Å². The summed E-state index contributed by atoms with van der Waals surface area (Å²) in [6.45, 7) is 5.06. The highest BCUT2D eigenvalue weighted by atomic mass is 16.5. The van der Waals surface area contributed by atoms with Gasteiger partial charge in [0.25, 0.3) is 0 Å². The molecule has 1 unspecified atom stereocenters. The van der Waals surface area contributed by atoms with Crippen LogP contribution in [0.2, 0.25) is 0 Å². The molecule has 2 aliphatic heterocycles. The molecule has 0 radical (unpaired) electrons. The van der Waals surface area contributed by atoms with Crippen molar-refractivity contribution >= 4 is 0 Å². The Morgan fingerprint density at radius 1 is 1.00 bits per heavy atom. The van der Waals surface area contributed by atoms with Crippen molar-refractivity contribution in [3.63, 3.8) is 0 Å². The SMILES string of the molecule is COc1cc2c(cc1OCC1CCC1)CCN1Cc3c(OC)ccc(C)c3CC21. The van der Waals surface area contributed by atoms with Gasteiger partial charge >= 0.3 is 0 Å². The Morgan fingerprint density at radius 3 is 2.55 bits per heavy atom. The van der Waals surface area contributed by atoms with Crippen LogP contribution in [0.15, 0.2) is 24.3 Å². The zero-order valence-electron chi connectivity index (χ0n) is 17.8. The largest absolute Gasteiger partial charge is 0.496 e. The lowest BCUT2D eigenvalue weighted by atomic mass is 9.82. The van der Waals surface area contributed by atoms with E-state index in [-0.39, 0.29) is 0 Å². The van der Waals surface area contributed by atoms with Gasteiger partial charge in [-0.1, -0.05) is 12.5 Å². The molecular formula is C25H31NO3. The summed E-state index contributed by atoms with van der Waals surface area (Å²) in [5, 5.41) is 0. The van der Waals surface area contributed by atoms with Crippen molar-refractivity contribution in [1.29, 1.82) is 0 Å². The number of rotatable bonds is 5. The average Bonchev–Trinajstić information content (AvgIpc) is 2.71. The van der Waals surface area contributed by atoms with Crippen LogP contribution in [0.25, 0.3) is 0 Å². The van der Waals surface area contributed by atoms with Gasteiger partial charge in [0.2, 0.25) is 0 Å². The monoisotopic (exact) mass is 393 g/mol. The molecule has 4 nitrogen and oxygen atoms in total. The molecule has 2 aromatic rings. The second-order valence-corrected chi connectivity index (χ2v) is 8.79. The minimum Gasteiger partial charge on any atom is -0.496 e. The second kappa shape index (κ2) is 7.56.